The minimum absolute atomic E-state index is 0.130. The van der Waals surface area contributed by atoms with Gasteiger partial charge in [-0.15, -0.1) is 0 Å². The highest BCUT2D eigenvalue weighted by atomic mass is 19.3. The number of rotatable bonds is 5. The van der Waals surface area contributed by atoms with Gasteiger partial charge >= 0.3 is 0 Å². The molecule has 3 atom stereocenters. The lowest BCUT2D eigenvalue weighted by Crippen LogP contribution is -2.66. The van der Waals surface area contributed by atoms with Crippen LogP contribution in [-0.4, -0.2) is 57.9 Å². The fraction of sp³-hybridized carbons (Fsp3) is 0.429. The van der Waals surface area contributed by atoms with E-state index < -0.39 is 17.8 Å². The Bertz CT molecular complexity index is 1620. The fourth-order valence-electron chi connectivity index (χ4n) is 6.48. The number of nitrogens with one attached hydrogen (secondary N) is 1. The second-order valence-electron chi connectivity index (χ2n) is 11.6. The number of anilines is 2. The van der Waals surface area contributed by atoms with Crippen molar-refractivity contribution < 1.29 is 22.8 Å². The maximum Gasteiger partial charge on any atom is 0.259 e. The molecular weight excluding hydrogens is 506 g/mol. The van der Waals surface area contributed by atoms with Crippen LogP contribution in [0.15, 0.2) is 47.2 Å². The number of nitrogens with zero attached hydrogens (tertiary/aromatic N) is 5. The van der Waals surface area contributed by atoms with Gasteiger partial charge in [0.15, 0.2) is 0 Å². The predicted octanol–water partition coefficient (Wildman–Crippen LogP) is 4.54. The van der Waals surface area contributed by atoms with Gasteiger partial charge in [0.2, 0.25) is 11.7 Å². The zero-order valence-electron chi connectivity index (χ0n) is 21.2. The number of benzene rings is 1. The summed E-state index contributed by atoms with van der Waals surface area (Å²) in [5.41, 5.74) is 4.73. The van der Waals surface area contributed by atoms with Crippen LogP contribution >= 0.6 is 0 Å². The molecule has 2 aliphatic carbocycles. The molecule has 1 aromatic carbocycles. The number of amides is 1. The first kappa shape index (κ1) is 23.1. The molecule has 2 saturated carbocycles. The molecule has 2 saturated heterocycles. The van der Waals surface area contributed by atoms with E-state index in [1.54, 1.807) is 16.8 Å². The zero-order chi connectivity index (χ0) is 26.5. The highest BCUT2D eigenvalue weighted by molar-refractivity contribution is 6.09. The van der Waals surface area contributed by atoms with E-state index in [2.05, 4.69) is 25.5 Å². The van der Waals surface area contributed by atoms with Crippen LogP contribution in [0.3, 0.4) is 0 Å². The molecule has 200 valence electrons. The van der Waals surface area contributed by atoms with Gasteiger partial charge in [-0.2, -0.15) is 10.1 Å². The molecule has 4 aromatic rings. The maximum atomic E-state index is 13.6. The van der Waals surface area contributed by atoms with Crippen LogP contribution in [0, 0.1) is 24.2 Å². The Hall–Kier alpha value is -3.86. The summed E-state index contributed by atoms with van der Waals surface area (Å²) in [5.74, 6) is -3.28. The monoisotopic (exact) mass is 532 g/mol. The van der Waals surface area contributed by atoms with Crippen molar-refractivity contribution in [2.24, 2.45) is 17.3 Å². The Kier molecular flexibility index (Phi) is 4.64. The lowest BCUT2D eigenvalue weighted by molar-refractivity contribution is -0.127. The van der Waals surface area contributed by atoms with E-state index in [0.717, 1.165) is 43.1 Å². The first-order valence-electron chi connectivity index (χ1n) is 13.2. The number of hydrogen-bond donors (Lipinski definition) is 1. The molecule has 5 heterocycles. The van der Waals surface area contributed by atoms with Gasteiger partial charge in [-0.25, -0.2) is 13.3 Å². The minimum atomic E-state index is -2.53. The number of fused-ring (bicyclic) bond motifs is 2. The molecule has 1 unspecified atom stereocenters. The van der Waals surface area contributed by atoms with Crippen molar-refractivity contribution in [3.8, 4) is 11.4 Å². The van der Waals surface area contributed by atoms with Gasteiger partial charge in [-0.1, -0.05) is 17.3 Å². The Labute approximate surface area is 222 Å². The van der Waals surface area contributed by atoms with Crippen molar-refractivity contribution in [2.45, 2.75) is 31.6 Å². The van der Waals surface area contributed by atoms with E-state index in [1.165, 1.54) is 0 Å². The van der Waals surface area contributed by atoms with E-state index in [4.69, 9.17) is 9.26 Å². The second-order valence-corrected chi connectivity index (χ2v) is 11.6. The Morgan fingerprint density at radius 1 is 1.13 bits per heavy atom. The third-order valence-corrected chi connectivity index (χ3v) is 8.96. The van der Waals surface area contributed by atoms with Gasteiger partial charge in [0.25, 0.3) is 11.8 Å². The number of alkyl halides is 2. The molecule has 8 rings (SSSR count). The molecule has 4 fully saturated rings. The van der Waals surface area contributed by atoms with Crippen molar-refractivity contribution in [2.75, 3.05) is 36.5 Å². The summed E-state index contributed by atoms with van der Waals surface area (Å²) >= 11 is 0. The predicted molar refractivity (Wildman–Crippen MR) is 137 cm³/mol. The normalized spacial score (nSPS) is 25.8. The maximum absolute atomic E-state index is 13.6. The summed E-state index contributed by atoms with van der Waals surface area (Å²) in [6, 6.07) is 9.56. The number of carbonyl (C=O) groups is 1. The molecule has 1 amide bonds. The van der Waals surface area contributed by atoms with Crippen molar-refractivity contribution in [1.29, 1.82) is 0 Å². The molecule has 11 heteroatoms. The number of aryl methyl sites for hydroxylation is 1. The standard InChI is InChI=1S/C28H26F2N6O3/c1-15-2-3-16(24-33-26(39-34-24)17-6-20-21(7-17)28(20,29)30)8-22(15)32-25(37)19-10-31-36-5-4-18(9-23(19)36)35-11-27(12-35)13-38-14-27/h2-5,8-10,17,20-21H,6-7,11-14H2,1H3,(H,32,37)/t17?,20-,21+. The van der Waals surface area contributed by atoms with Crippen molar-refractivity contribution in [3.05, 3.63) is 59.7 Å². The number of ether oxygens (including phenoxy) is 1. The summed E-state index contributed by atoms with van der Waals surface area (Å²) in [4.78, 5) is 20.2. The average molecular weight is 533 g/mol. The van der Waals surface area contributed by atoms with Gasteiger partial charge in [-0.3, -0.25) is 4.79 Å². The quantitative estimate of drug-likeness (QED) is 0.403. The van der Waals surface area contributed by atoms with Gasteiger partial charge in [-0.05, 0) is 43.5 Å². The molecule has 39 heavy (non-hydrogen) atoms. The third kappa shape index (κ3) is 3.52. The molecule has 4 aliphatic rings. The lowest BCUT2D eigenvalue weighted by atomic mass is 9.78. The topological polar surface area (TPSA) is 97.8 Å². The number of aromatic nitrogens is 4. The van der Waals surface area contributed by atoms with Gasteiger partial charge in [0, 0.05) is 54.0 Å². The first-order chi connectivity index (χ1) is 18.8. The van der Waals surface area contributed by atoms with E-state index in [1.807, 2.05) is 37.4 Å². The molecule has 0 radical (unpaired) electrons. The number of pyridine rings is 1. The van der Waals surface area contributed by atoms with Crippen LogP contribution in [-0.2, 0) is 4.74 Å². The summed E-state index contributed by atoms with van der Waals surface area (Å²) in [6.45, 7) is 5.45. The largest absolute Gasteiger partial charge is 0.380 e. The van der Waals surface area contributed by atoms with Crippen molar-refractivity contribution in [3.63, 3.8) is 0 Å². The molecule has 0 bridgehead atoms. The number of carbonyl (C=O) groups excluding carboxylic acids is 1. The number of hydrogen-bond acceptors (Lipinski definition) is 7. The molecule has 1 spiro atoms. The highest BCUT2D eigenvalue weighted by Crippen LogP contribution is 2.67. The lowest BCUT2D eigenvalue weighted by Gasteiger charge is -2.56. The summed E-state index contributed by atoms with van der Waals surface area (Å²) in [6.07, 6.45) is 4.20. The van der Waals surface area contributed by atoms with Crippen LogP contribution in [0.1, 0.15) is 40.6 Å². The van der Waals surface area contributed by atoms with Crippen molar-refractivity contribution in [1.82, 2.24) is 19.8 Å². The Morgan fingerprint density at radius 3 is 2.67 bits per heavy atom. The fourth-order valence-corrected chi connectivity index (χ4v) is 6.48. The zero-order valence-corrected chi connectivity index (χ0v) is 21.2. The van der Waals surface area contributed by atoms with E-state index >= 15 is 0 Å². The van der Waals surface area contributed by atoms with Crippen LogP contribution in [0.2, 0.25) is 0 Å². The smallest absolute Gasteiger partial charge is 0.259 e. The van der Waals surface area contributed by atoms with E-state index in [0.29, 0.717) is 46.8 Å². The molecule has 9 nitrogen and oxygen atoms in total. The third-order valence-electron chi connectivity index (χ3n) is 8.96. The van der Waals surface area contributed by atoms with Crippen LogP contribution in [0.4, 0.5) is 20.2 Å². The SMILES string of the molecule is Cc1ccc(-c2noc(C3C[C@@H]4[C@H](C3)C4(F)F)n2)cc1NC(=O)c1cnn2ccc(N3CC4(COC4)C3)cc12. The molecule has 2 aliphatic heterocycles. The molecule has 3 aromatic heterocycles. The highest BCUT2D eigenvalue weighted by Gasteiger charge is 2.72. The van der Waals surface area contributed by atoms with Gasteiger partial charge in [0.1, 0.15) is 0 Å². The minimum Gasteiger partial charge on any atom is -0.380 e. The summed E-state index contributed by atoms with van der Waals surface area (Å²) in [5, 5.41) is 11.5. The van der Waals surface area contributed by atoms with E-state index in [-0.39, 0.29) is 11.8 Å². The van der Waals surface area contributed by atoms with Crippen LogP contribution < -0.4 is 10.2 Å². The summed E-state index contributed by atoms with van der Waals surface area (Å²) in [7, 11) is 0. The van der Waals surface area contributed by atoms with Crippen molar-refractivity contribution >= 4 is 22.8 Å². The molecular formula is C28H26F2N6O3. The van der Waals surface area contributed by atoms with Crippen LogP contribution in [0.25, 0.3) is 16.9 Å². The first-order valence-corrected chi connectivity index (χ1v) is 13.2. The summed E-state index contributed by atoms with van der Waals surface area (Å²) < 4.78 is 39.7. The Morgan fingerprint density at radius 2 is 1.92 bits per heavy atom. The molecule has 1 N–H and O–H groups in total. The average Bonchev–Trinajstić information content (AvgIpc) is 3.44. The number of halogens is 2. The van der Waals surface area contributed by atoms with Gasteiger partial charge in [0.05, 0.1) is 35.9 Å². The van der Waals surface area contributed by atoms with E-state index in [9.17, 15) is 13.6 Å². The second kappa shape index (κ2) is 7.84. The van der Waals surface area contributed by atoms with Crippen LogP contribution in [0.5, 0.6) is 0 Å². The van der Waals surface area contributed by atoms with Gasteiger partial charge < -0.3 is 19.5 Å². The Balaban J connectivity index is 1.01.